The van der Waals surface area contributed by atoms with E-state index in [4.69, 9.17) is 0 Å². The summed E-state index contributed by atoms with van der Waals surface area (Å²) in [4.78, 5) is 12.8. The van der Waals surface area contributed by atoms with Crippen LogP contribution in [0.3, 0.4) is 0 Å². The van der Waals surface area contributed by atoms with E-state index >= 15 is 0 Å². The molecule has 1 aromatic rings. The zero-order chi connectivity index (χ0) is 10.7. The maximum absolute atomic E-state index is 11.6. The van der Waals surface area contributed by atoms with Crippen LogP contribution >= 0.6 is 11.8 Å². The SMILES string of the molecule is CCCC1CC(=O)Nc2ccccc2S1. The summed E-state index contributed by atoms with van der Waals surface area (Å²) in [7, 11) is 0. The summed E-state index contributed by atoms with van der Waals surface area (Å²) in [6.07, 6.45) is 2.87. The number of para-hydroxylation sites is 1. The Kier molecular flexibility index (Phi) is 3.31. The Morgan fingerprint density at radius 2 is 2.27 bits per heavy atom. The molecule has 0 aromatic heterocycles. The lowest BCUT2D eigenvalue weighted by Crippen LogP contribution is -2.14. The molecule has 1 aliphatic rings. The number of thioether (sulfide) groups is 1. The third-order valence-corrected chi connectivity index (χ3v) is 3.82. The zero-order valence-corrected chi connectivity index (χ0v) is 9.64. The van der Waals surface area contributed by atoms with E-state index in [-0.39, 0.29) is 5.91 Å². The van der Waals surface area contributed by atoms with E-state index in [2.05, 4.69) is 18.3 Å². The first-order valence-electron chi connectivity index (χ1n) is 5.35. The average Bonchev–Trinajstić information content (AvgIpc) is 2.35. The van der Waals surface area contributed by atoms with Gasteiger partial charge in [0.1, 0.15) is 0 Å². The second-order valence-corrected chi connectivity index (χ2v) is 5.12. The van der Waals surface area contributed by atoms with Crippen LogP contribution < -0.4 is 5.32 Å². The first kappa shape index (κ1) is 10.6. The van der Waals surface area contributed by atoms with Gasteiger partial charge in [-0.2, -0.15) is 0 Å². The summed E-state index contributed by atoms with van der Waals surface area (Å²) in [5, 5.41) is 3.38. The van der Waals surface area contributed by atoms with Crippen LogP contribution in [0, 0.1) is 0 Å². The van der Waals surface area contributed by atoms with E-state index in [9.17, 15) is 4.79 Å². The summed E-state index contributed by atoms with van der Waals surface area (Å²) in [5.74, 6) is 0.144. The highest BCUT2D eigenvalue weighted by Crippen LogP contribution is 2.36. The van der Waals surface area contributed by atoms with E-state index in [1.165, 1.54) is 4.90 Å². The van der Waals surface area contributed by atoms with E-state index in [1.54, 1.807) is 0 Å². The number of benzene rings is 1. The minimum Gasteiger partial charge on any atom is -0.325 e. The van der Waals surface area contributed by atoms with Crippen molar-refractivity contribution in [3.05, 3.63) is 24.3 Å². The van der Waals surface area contributed by atoms with E-state index in [1.807, 2.05) is 30.0 Å². The molecule has 1 amide bonds. The molecule has 1 unspecified atom stereocenters. The highest BCUT2D eigenvalue weighted by molar-refractivity contribution is 8.00. The summed E-state index contributed by atoms with van der Waals surface area (Å²) >= 11 is 1.82. The highest BCUT2D eigenvalue weighted by Gasteiger charge is 2.20. The predicted octanol–water partition coefficient (Wildman–Crippen LogP) is 3.29. The molecule has 0 radical (unpaired) electrons. The van der Waals surface area contributed by atoms with E-state index in [0.29, 0.717) is 11.7 Å². The molecular formula is C12H15NOS. The van der Waals surface area contributed by atoms with Gasteiger partial charge in [-0.15, -0.1) is 11.8 Å². The van der Waals surface area contributed by atoms with E-state index < -0.39 is 0 Å². The van der Waals surface area contributed by atoms with Gasteiger partial charge in [0, 0.05) is 16.6 Å². The Labute approximate surface area is 94.4 Å². The Balaban J connectivity index is 2.23. The number of rotatable bonds is 2. The fourth-order valence-corrected chi connectivity index (χ4v) is 3.14. The molecule has 1 aromatic carbocycles. The number of amides is 1. The molecule has 0 spiro atoms. The van der Waals surface area contributed by atoms with Crippen molar-refractivity contribution >= 4 is 23.4 Å². The Morgan fingerprint density at radius 3 is 3.07 bits per heavy atom. The molecular weight excluding hydrogens is 206 g/mol. The van der Waals surface area contributed by atoms with Crippen molar-refractivity contribution < 1.29 is 4.79 Å². The largest absolute Gasteiger partial charge is 0.325 e. The molecule has 15 heavy (non-hydrogen) atoms. The molecule has 1 heterocycles. The second-order valence-electron chi connectivity index (χ2n) is 3.78. The molecule has 2 nitrogen and oxygen atoms in total. The van der Waals surface area contributed by atoms with Crippen LogP contribution in [0.2, 0.25) is 0 Å². The normalized spacial score (nSPS) is 20.3. The predicted molar refractivity (Wildman–Crippen MR) is 64.2 cm³/mol. The maximum Gasteiger partial charge on any atom is 0.225 e. The van der Waals surface area contributed by atoms with Gasteiger partial charge in [-0.3, -0.25) is 4.79 Å². The zero-order valence-electron chi connectivity index (χ0n) is 8.82. The number of fused-ring (bicyclic) bond motifs is 1. The third-order valence-electron chi connectivity index (χ3n) is 2.48. The van der Waals surface area contributed by atoms with Crippen molar-refractivity contribution in [3.8, 4) is 0 Å². The van der Waals surface area contributed by atoms with Gasteiger partial charge < -0.3 is 5.32 Å². The van der Waals surface area contributed by atoms with Crippen molar-refractivity contribution in [2.24, 2.45) is 0 Å². The minimum atomic E-state index is 0.144. The van der Waals surface area contributed by atoms with Crippen LogP contribution in [-0.4, -0.2) is 11.2 Å². The lowest BCUT2D eigenvalue weighted by Gasteiger charge is -2.10. The number of hydrogen-bond acceptors (Lipinski definition) is 2. The van der Waals surface area contributed by atoms with Gasteiger partial charge in [-0.05, 0) is 18.6 Å². The van der Waals surface area contributed by atoms with Crippen molar-refractivity contribution in [1.82, 2.24) is 0 Å². The topological polar surface area (TPSA) is 29.1 Å². The lowest BCUT2D eigenvalue weighted by atomic mass is 10.2. The summed E-state index contributed by atoms with van der Waals surface area (Å²) in [6.45, 7) is 2.16. The Hall–Kier alpha value is -0.960. The van der Waals surface area contributed by atoms with Crippen molar-refractivity contribution in [2.75, 3.05) is 5.32 Å². The number of hydrogen-bond donors (Lipinski definition) is 1. The number of nitrogens with one attached hydrogen (secondary N) is 1. The number of carbonyl (C=O) groups is 1. The van der Waals surface area contributed by atoms with Gasteiger partial charge in [0.15, 0.2) is 0 Å². The average molecular weight is 221 g/mol. The Bertz CT molecular complexity index is 364. The molecule has 1 aliphatic heterocycles. The number of anilines is 1. The molecule has 3 heteroatoms. The summed E-state index contributed by atoms with van der Waals surface area (Å²) in [6, 6.07) is 8.02. The Morgan fingerprint density at radius 1 is 1.47 bits per heavy atom. The first-order valence-corrected chi connectivity index (χ1v) is 6.23. The van der Waals surface area contributed by atoms with Crippen LogP contribution in [0.15, 0.2) is 29.2 Å². The first-order chi connectivity index (χ1) is 7.29. The molecule has 0 saturated carbocycles. The second kappa shape index (κ2) is 4.71. The monoisotopic (exact) mass is 221 g/mol. The molecule has 0 saturated heterocycles. The van der Waals surface area contributed by atoms with Crippen molar-refractivity contribution in [3.63, 3.8) is 0 Å². The highest BCUT2D eigenvalue weighted by atomic mass is 32.2. The lowest BCUT2D eigenvalue weighted by molar-refractivity contribution is -0.116. The third kappa shape index (κ3) is 2.53. The van der Waals surface area contributed by atoms with Crippen LogP contribution in [0.4, 0.5) is 5.69 Å². The molecule has 80 valence electrons. The van der Waals surface area contributed by atoms with Gasteiger partial charge in [-0.1, -0.05) is 25.5 Å². The van der Waals surface area contributed by atoms with Crippen molar-refractivity contribution in [2.45, 2.75) is 36.3 Å². The quantitative estimate of drug-likeness (QED) is 0.830. The molecule has 0 aliphatic carbocycles. The fraction of sp³-hybridized carbons (Fsp3) is 0.417. The molecule has 1 N–H and O–H groups in total. The van der Waals surface area contributed by atoms with Gasteiger partial charge in [0.2, 0.25) is 5.91 Å². The van der Waals surface area contributed by atoms with Gasteiger partial charge >= 0.3 is 0 Å². The van der Waals surface area contributed by atoms with Gasteiger partial charge in [0.05, 0.1) is 5.69 Å². The molecule has 1 atom stereocenters. The van der Waals surface area contributed by atoms with Gasteiger partial charge in [0.25, 0.3) is 0 Å². The minimum absolute atomic E-state index is 0.144. The molecule has 0 bridgehead atoms. The van der Waals surface area contributed by atoms with E-state index in [0.717, 1.165) is 18.5 Å². The number of carbonyl (C=O) groups excluding carboxylic acids is 1. The standard InChI is InChI=1S/C12H15NOS/c1-2-5-9-8-12(14)13-10-6-3-4-7-11(10)15-9/h3-4,6-7,9H,2,5,8H2,1H3,(H,13,14). The van der Waals surface area contributed by atoms with Crippen molar-refractivity contribution in [1.29, 1.82) is 0 Å². The molecule has 0 fully saturated rings. The fourth-order valence-electron chi connectivity index (χ4n) is 1.78. The van der Waals surface area contributed by atoms with Gasteiger partial charge in [-0.25, -0.2) is 0 Å². The summed E-state index contributed by atoms with van der Waals surface area (Å²) in [5.41, 5.74) is 0.964. The smallest absolute Gasteiger partial charge is 0.225 e. The van der Waals surface area contributed by atoms with Crippen LogP contribution in [-0.2, 0) is 4.79 Å². The maximum atomic E-state index is 11.6. The summed E-state index contributed by atoms with van der Waals surface area (Å²) < 4.78 is 0. The van der Waals surface area contributed by atoms with Crippen LogP contribution in [0.25, 0.3) is 0 Å². The molecule has 2 rings (SSSR count). The van der Waals surface area contributed by atoms with Crippen LogP contribution in [0.1, 0.15) is 26.2 Å². The van der Waals surface area contributed by atoms with Crippen LogP contribution in [0.5, 0.6) is 0 Å².